The number of aromatic nitrogens is 1. The fourth-order valence-electron chi connectivity index (χ4n) is 2.11. The second-order valence-corrected chi connectivity index (χ2v) is 4.82. The maximum Gasteiger partial charge on any atom is 0.0312 e. The molecular weight excluding hydrogens is 220 g/mol. The van der Waals surface area contributed by atoms with Crippen LogP contribution < -0.4 is 5.32 Å². The molecule has 1 aromatic heterocycles. The van der Waals surface area contributed by atoms with Crippen LogP contribution in [0.15, 0.2) is 42.7 Å². The number of hydrogen-bond acceptors (Lipinski definition) is 2. The molecule has 0 fully saturated rings. The standard InChI is InChI=1S/C16H20N2/c1-12-6-7-13(2)16(9-12)14(3)18-11-15-5-4-8-17-10-15/h4-10,14,18H,11H2,1-3H3. The number of hydrogen-bond donors (Lipinski definition) is 1. The van der Waals surface area contributed by atoms with Gasteiger partial charge in [0.1, 0.15) is 0 Å². The topological polar surface area (TPSA) is 24.9 Å². The van der Waals surface area contributed by atoms with Crippen LogP contribution in [0.4, 0.5) is 0 Å². The summed E-state index contributed by atoms with van der Waals surface area (Å²) in [4.78, 5) is 4.13. The van der Waals surface area contributed by atoms with Gasteiger partial charge in [-0.1, -0.05) is 29.8 Å². The Kier molecular flexibility index (Phi) is 4.11. The molecule has 94 valence electrons. The van der Waals surface area contributed by atoms with Crippen molar-refractivity contribution in [3.63, 3.8) is 0 Å². The van der Waals surface area contributed by atoms with Gasteiger partial charge in [0, 0.05) is 25.0 Å². The van der Waals surface area contributed by atoms with Gasteiger partial charge in [0.05, 0.1) is 0 Å². The molecule has 0 saturated heterocycles. The van der Waals surface area contributed by atoms with Crippen LogP contribution in [0.2, 0.25) is 0 Å². The highest BCUT2D eigenvalue weighted by Gasteiger charge is 2.07. The molecule has 0 aliphatic rings. The maximum absolute atomic E-state index is 4.13. The summed E-state index contributed by atoms with van der Waals surface area (Å²) in [5.41, 5.74) is 5.24. The number of aryl methyl sites for hydroxylation is 2. The molecule has 1 N–H and O–H groups in total. The first-order valence-corrected chi connectivity index (χ1v) is 6.36. The van der Waals surface area contributed by atoms with E-state index in [4.69, 9.17) is 0 Å². The molecule has 1 aromatic carbocycles. The van der Waals surface area contributed by atoms with Gasteiger partial charge in [-0.3, -0.25) is 4.98 Å². The molecule has 18 heavy (non-hydrogen) atoms. The van der Waals surface area contributed by atoms with Crippen molar-refractivity contribution in [2.24, 2.45) is 0 Å². The molecule has 0 aliphatic heterocycles. The second-order valence-electron chi connectivity index (χ2n) is 4.82. The van der Waals surface area contributed by atoms with Crippen molar-refractivity contribution in [1.82, 2.24) is 10.3 Å². The average Bonchev–Trinajstić information content (AvgIpc) is 2.40. The fraction of sp³-hybridized carbons (Fsp3) is 0.312. The third-order valence-corrected chi connectivity index (χ3v) is 3.24. The van der Waals surface area contributed by atoms with Crippen LogP contribution in [0.3, 0.4) is 0 Å². The molecule has 0 saturated carbocycles. The SMILES string of the molecule is Cc1ccc(C)c(C(C)NCc2cccnc2)c1. The van der Waals surface area contributed by atoms with E-state index in [1.807, 2.05) is 12.3 Å². The van der Waals surface area contributed by atoms with Crippen LogP contribution in [0.5, 0.6) is 0 Å². The van der Waals surface area contributed by atoms with Gasteiger partial charge in [0.15, 0.2) is 0 Å². The zero-order chi connectivity index (χ0) is 13.0. The van der Waals surface area contributed by atoms with E-state index in [0.717, 1.165) is 6.54 Å². The molecule has 1 atom stereocenters. The van der Waals surface area contributed by atoms with Crippen molar-refractivity contribution >= 4 is 0 Å². The van der Waals surface area contributed by atoms with Gasteiger partial charge in [-0.05, 0) is 43.5 Å². The monoisotopic (exact) mass is 240 g/mol. The van der Waals surface area contributed by atoms with Crippen LogP contribution in [0.1, 0.15) is 35.2 Å². The lowest BCUT2D eigenvalue weighted by atomic mass is 10.00. The summed E-state index contributed by atoms with van der Waals surface area (Å²) in [6.07, 6.45) is 3.71. The number of pyridine rings is 1. The average molecular weight is 240 g/mol. The molecule has 2 aromatic rings. The summed E-state index contributed by atoms with van der Waals surface area (Å²) in [7, 11) is 0. The Morgan fingerprint density at radius 3 is 2.78 bits per heavy atom. The highest BCUT2D eigenvalue weighted by Crippen LogP contribution is 2.19. The predicted octanol–water partition coefficient (Wildman–Crippen LogP) is 3.55. The van der Waals surface area contributed by atoms with Crippen molar-refractivity contribution in [1.29, 1.82) is 0 Å². The Morgan fingerprint density at radius 1 is 1.22 bits per heavy atom. The van der Waals surface area contributed by atoms with Crippen molar-refractivity contribution < 1.29 is 0 Å². The van der Waals surface area contributed by atoms with E-state index >= 15 is 0 Å². The highest BCUT2D eigenvalue weighted by atomic mass is 14.9. The zero-order valence-electron chi connectivity index (χ0n) is 11.3. The first kappa shape index (κ1) is 12.8. The summed E-state index contributed by atoms with van der Waals surface area (Å²) in [6.45, 7) is 7.36. The van der Waals surface area contributed by atoms with E-state index in [1.165, 1.54) is 22.3 Å². The Balaban J connectivity index is 2.03. The minimum atomic E-state index is 0.352. The molecule has 2 heteroatoms. The Morgan fingerprint density at radius 2 is 2.06 bits per heavy atom. The summed E-state index contributed by atoms with van der Waals surface area (Å²) >= 11 is 0. The predicted molar refractivity (Wildman–Crippen MR) is 75.4 cm³/mol. The van der Waals surface area contributed by atoms with Gasteiger partial charge in [0.2, 0.25) is 0 Å². The molecule has 0 spiro atoms. The second kappa shape index (κ2) is 5.78. The Labute approximate surface area is 109 Å². The molecule has 0 bridgehead atoms. The number of nitrogens with zero attached hydrogens (tertiary/aromatic N) is 1. The van der Waals surface area contributed by atoms with Crippen molar-refractivity contribution in [2.75, 3.05) is 0 Å². The van der Waals surface area contributed by atoms with Gasteiger partial charge >= 0.3 is 0 Å². The van der Waals surface area contributed by atoms with E-state index < -0.39 is 0 Å². The van der Waals surface area contributed by atoms with E-state index in [-0.39, 0.29) is 0 Å². The molecule has 0 radical (unpaired) electrons. The number of nitrogens with one attached hydrogen (secondary N) is 1. The minimum Gasteiger partial charge on any atom is -0.306 e. The number of benzene rings is 1. The van der Waals surface area contributed by atoms with Crippen LogP contribution in [-0.2, 0) is 6.54 Å². The zero-order valence-corrected chi connectivity index (χ0v) is 11.3. The van der Waals surface area contributed by atoms with Crippen molar-refractivity contribution in [3.05, 3.63) is 65.0 Å². The molecule has 2 rings (SSSR count). The van der Waals surface area contributed by atoms with Gasteiger partial charge in [-0.25, -0.2) is 0 Å². The molecule has 1 unspecified atom stereocenters. The Bertz CT molecular complexity index is 506. The minimum absolute atomic E-state index is 0.352. The summed E-state index contributed by atoms with van der Waals surface area (Å²) in [5.74, 6) is 0. The number of rotatable bonds is 4. The molecule has 0 amide bonds. The fourth-order valence-corrected chi connectivity index (χ4v) is 2.11. The van der Waals surface area contributed by atoms with Crippen LogP contribution in [0.25, 0.3) is 0 Å². The summed E-state index contributed by atoms with van der Waals surface area (Å²) in [5, 5.41) is 3.54. The van der Waals surface area contributed by atoms with Gasteiger partial charge in [-0.15, -0.1) is 0 Å². The summed E-state index contributed by atoms with van der Waals surface area (Å²) < 4.78 is 0. The Hall–Kier alpha value is -1.67. The van der Waals surface area contributed by atoms with Gasteiger partial charge in [-0.2, -0.15) is 0 Å². The smallest absolute Gasteiger partial charge is 0.0312 e. The first-order chi connectivity index (χ1) is 8.66. The quantitative estimate of drug-likeness (QED) is 0.884. The lowest BCUT2D eigenvalue weighted by Gasteiger charge is -2.17. The lowest BCUT2D eigenvalue weighted by molar-refractivity contribution is 0.571. The lowest BCUT2D eigenvalue weighted by Crippen LogP contribution is -2.19. The largest absolute Gasteiger partial charge is 0.306 e. The van der Waals surface area contributed by atoms with Crippen LogP contribution in [0, 0.1) is 13.8 Å². The molecule has 2 nitrogen and oxygen atoms in total. The normalized spacial score (nSPS) is 12.4. The molecule has 1 heterocycles. The van der Waals surface area contributed by atoms with Crippen LogP contribution in [-0.4, -0.2) is 4.98 Å². The maximum atomic E-state index is 4.13. The first-order valence-electron chi connectivity index (χ1n) is 6.36. The van der Waals surface area contributed by atoms with E-state index in [9.17, 15) is 0 Å². The van der Waals surface area contributed by atoms with Gasteiger partial charge < -0.3 is 5.32 Å². The van der Waals surface area contributed by atoms with E-state index in [1.54, 1.807) is 6.20 Å². The van der Waals surface area contributed by atoms with Crippen molar-refractivity contribution in [2.45, 2.75) is 33.4 Å². The third-order valence-electron chi connectivity index (χ3n) is 3.24. The molecule has 0 aliphatic carbocycles. The van der Waals surface area contributed by atoms with E-state index in [0.29, 0.717) is 6.04 Å². The summed E-state index contributed by atoms with van der Waals surface area (Å²) in [6, 6.07) is 11.0. The van der Waals surface area contributed by atoms with Crippen molar-refractivity contribution in [3.8, 4) is 0 Å². The van der Waals surface area contributed by atoms with Crippen LogP contribution >= 0.6 is 0 Å². The van der Waals surface area contributed by atoms with Gasteiger partial charge in [0.25, 0.3) is 0 Å². The highest BCUT2D eigenvalue weighted by molar-refractivity contribution is 5.32. The third kappa shape index (κ3) is 3.17. The molecular formula is C16H20N2. The van der Waals surface area contributed by atoms with E-state index in [2.05, 4.69) is 55.3 Å².